The summed E-state index contributed by atoms with van der Waals surface area (Å²) in [7, 11) is 0. The number of carbonyl (C=O) groups excluding carboxylic acids is 1. The molecular formula is C17H16Cl2N2O2. The molecule has 1 atom stereocenters. The minimum atomic E-state index is -0.0695. The zero-order valence-corrected chi connectivity index (χ0v) is 13.9. The molecule has 120 valence electrons. The Labute approximate surface area is 145 Å². The first-order valence-corrected chi connectivity index (χ1v) is 8.20. The minimum Gasteiger partial charge on any atom is -0.487 e. The number of amides is 1. The van der Waals surface area contributed by atoms with E-state index >= 15 is 0 Å². The first-order chi connectivity index (χ1) is 11.1. The number of carbonyl (C=O) groups is 1. The number of piperidine rings is 1. The Bertz CT molecular complexity index is 691. The summed E-state index contributed by atoms with van der Waals surface area (Å²) >= 11 is 11.9. The van der Waals surface area contributed by atoms with Crippen LogP contribution in [-0.4, -0.2) is 35.0 Å². The quantitative estimate of drug-likeness (QED) is 0.837. The molecule has 23 heavy (non-hydrogen) atoms. The normalized spacial score (nSPS) is 17.8. The fourth-order valence-corrected chi connectivity index (χ4v) is 2.92. The Morgan fingerprint density at radius 1 is 1.22 bits per heavy atom. The largest absolute Gasteiger partial charge is 0.487 e. The highest BCUT2D eigenvalue weighted by molar-refractivity contribution is 6.31. The van der Waals surface area contributed by atoms with Gasteiger partial charge in [-0.1, -0.05) is 23.2 Å². The molecule has 1 aliphatic rings. The Balaban J connectivity index is 1.67. The molecule has 3 rings (SSSR count). The summed E-state index contributed by atoms with van der Waals surface area (Å²) in [6.07, 6.45) is 4.91. The zero-order valence-electron chi connectivity index (χ0n) is 12.4. The van der Waals surface area contributed by atoms with Crippen LogP contribution >= 0.6 is 23.2 Å². The van der Waals surface area contributed by atoms with Crippen molar-refractivity contribution in [3.63, 3.8) is 0 Å². The van der Waals surface area contributed by atoms with E-state index in [1.165, 1.54) is 0 Å². The minimum absolute atomic E-state index is 0.00390. The van der Waals surface area contributed by atoms with Crippen LogP contribution in [0.5, 0.6) is 5.75 Å². The van der Waals surface area contributed by atoms with Crippen molar-refractivity contribution in [1.82, 2.24) is 9.88 Å². The second kappa shape index (κ2) is 7.20. The molecule has 0 radical (unpaired) electrons. The van der Waals surface area contributed by atoms with Gasteiger partial charge in [0.2, 0.25) is 0 Å². The third-order valence-electron chi connectivity index (χ3n) is 3.79. The second-order valence-electron chi connectivity index (χ2n) is 5.45. The van der Waals surface area contributed by atoms with Crippen LogP contribution in [0.3, 0.4) is 0 Å². The van der Waals surface area contributed by atoms with Gasteiger partial charge in [0.1, 0.15) is 16.9 Å². The van der Waals surface area contributed by atoms with Crippen LogP contribution < -0.4 is 4.74 Å². The van der Waals surface area contributed by atoms with Crippen molar-refractivity contribution in [2.24, 2.45) is 0 Å². The summed E-state index contributed by atoms with van der Waals surface area (Å²) in [5, 5.41) is 1.10. The Kier molecular flexibility index (Phi) is 5.03. The third kappa shape index (κ3) is 3.95. The molecule has 0 aliphatic carbocycles. The van der Waals surface area contributed by atoms with Gasteiger partial charge in [-0.05, 0) is 37.1 Å². The number of rotatable bonds is 3. The topological polar surface area (TPSA) is 42.4 Å². The summed E-state index contributed by atoms with van der Waals surface area (Å²) in [5.74, 6) is 0.600. The molecule has 0 spiro atoms. The summed E-state index contributed by atoms with van der Waals surface area (Å²) < 4.78 is 5.93. The molecule has 0 saturated carbocycles. The predicted molar refractivity (Wildman–Crippen MR) is 90.3 cm³/mol. The molecule has 0 N–H and O–H groups in total. The first-order valence-electron chi connectivity index (χ1n) is 7.44. The monoisotopic (exact) mass is 350 g/mol. The molecule has 2 heterocycles. The molecule has 1 unspecified atom stereocenters. The number of aromatic nitrogens is 1. The van der Waals surface area contributed by atoms with Crippen molar-refractivity contribution < 1.29 is 9.53 Å². The maximum absolute atomic E-state index is 12.6. The number of nitrogens with zero attached hydrogens (tertiary/aromatic N) is 2. The number of benzene rings is 1. The average Bonchev–Trinajstić information content (AvgIpc) is 2.57. The van der Waals surface area contributed by atoms with Gasteiger partial charge >= 0.3 is 0 Å². The van der Waals surface area contributed by atoms with Crippen LogP contribution in [0, 0.1) is 0 Å². The lowest BCUT2D eigenvalue weighted by atomic mass is 10.1. The van der Waals surface area contributed by atoms with Gasteiger partial charge in [-0.2, -0.15) is 0 Å². The van der Waals surface area contributed by atoms with Crippen molar-refractivity contribution >= 4 is 29.1 Å². The van der Waals surface area contributed by atoms with Crippen LogP contribution in [0.25, 0.3) is 0 Å². The number of likely N-dealkylation sites (tertiary alicyclic amines) is 1. The van der Waals surface area contributed by atoms with Crippen LogP contribution in [0.15, 0.2) is 42.7 Å². The van der Waals surface area contributed by atoms with E-state index in [0.29, 0.717) is 27.9 Å². The van der Waals surface area contributed by atoms with Crippen molar-refractivity contribution in [2.75, 3.05) is 13.1 Å². The second-order valence-corrected chi connectivity index (χ2v) is 6.29. The van der Waals surface area contributed by atoms with E-state index in [2.05, 4.69) is 4.98 Å². The van der Waals surface area contributed by atoms with E-state index in [0.717, 1.165) is 19.4 Å². The molecule has 2 aromatic rings. The highest BCUT2D eigenvalue weighted by Crippen LogP contribution is 2.26. The SMILES string of the molecule is O=C(c1ccc(Cl)cc1)N1CCCC(Oc2ccncc2Cl)C1. The molecule has 1 aromatic carbocycles. The standard InChI is InChI=1S/C17H16Cl2N2O2/c18-13-5-3-12(4-6-13)17(22)21-9-1-2-14(11-21)23-16-7-8-20-10-15(16)19/h3-8,10,14H,1-2,9,11H2. The van der Waals surface area contributed by atoms with E-state index in [4.69, 9.17) is 27.9 Å². The maximum Gasteiger partial charge on any atom is 0.253 e. The van der Waals surface area contributed by atoms with Gasteiger partial charge in [-0.3, -0.25) is 9.78 Å². The van der Waals surface area contributed by atoms with Gasteiger partial charge in [-0.25, -0.2) is 0 Å². The Morgan fingerprint density at radius 2 is 2.00 bits per heavy atom. The Morgan fingerprint density at radius 3 is 2.74 bits per heavy atom. The van der Waals surface area contributed by atoms with E-state index in [9.17, 15) is 4.79 Å². The van der Waals surface area contributed by atoms with Crippen molar-refractivity contribution in [2.45, 2.75) is 18.9 Å². The smallest absolute Gasteiger partial charge is 0.253 e. The predicted octanol–water partition coefficient (Wildman–Crippen LogP) is 4.07. The molecule has 1 saturated heterocycles. The van der Waals surface area contributed by atoms with Crippen molar-refractivity contribution in [1.29, 1.82) is 0 Å². The maximum atomic E-state index is 12.6. The number of halogens is 2. The van der Waals surface area contributed by atoms with Gasteiger partial charge in [0, 0.05) is 35.6 Å². The van der Waals surface area contributed by atoms with Crippen LogP contribution in [0.4, 0.5) is 0 Å². The van der Waals surface area contributed by atoms with E-state index in [1.54, 1.807) is 42.7 Å². The van der Waals surface area contributed by atoms with Gasteiger partial charge in [0.25, 0.3) is 5.91 Å². The number of hydrogen-bond donors (Lipinski definition) is 0. The van der Waals surface area contributed by atoms with E-state index in [-0.39, 0.29) is 12.0 Å². The third-order valence-corrected chi connectivity index (χ3v) is 4.32. The number of hydrogen-bond acceptors (Lipinski definition) is 3. The van der Waals surface area contributed by atoms with E-state index in [1.807, 2.05) is 4.90 Å². The van der Waals surface area contributed by atoms with Crippen LogP contribution in [0.2, 0.25) is 10.0 Å². The highest BCUT2D eigenvalue weighted by Gasteiger charge is 2.26. The molecule has 0 bridgehead atoms. The van der Waals surface area contributed by atoms with E-state index < -0.39 is 0 Å². The fourth-order valence-electron chi connectivity index (χ4n) is 2.63. The average molecular weight is 351 g/mol. The fraction of sp³-hybridized carbons (Fsp3) is 0.294. The van der Waals surface area contributed by atoms with Crippen molar-refractivity contribution in [3.05, 3.63) is 58.3 Å². The van der Waals surface area contributed by atoms with Gasteiger partial charge in [0.15, 0.2) is 0 Å². The van der Waals surface area contributed by atoms with Crippen LogP contribution in [0.1, 0.15) is 23.2 Å². The lowest BCUT2D eigenvalue weighted by molar-refractivity contribution is 0.0538. The molecule has 1 aromatic heterocycles. The highest BCUT2D eigenvalue weighted by atomic mass is 35.5. The Hall–Kier alpha value is -1.78. The van der Waals surface area contributed by atoms with Gasteiger partial charge < -0.3 is 9.64 Å². The van der Waals surface area contributed by atoms with Crippen molar-refractivity contribution in [3.8, 4) is 5.75 Å². The summed E-state index contributed by atoms with van der Waals surface area (Å²) in [5.41, 5.74) is 0.636. The van der Waals surface area contributed by atoms with Crippen LogP contribution in [-0.2, 0) is 0 Å². The lowest BCUT2D eigenvalue weighted by Crippen LogP contribution is -2.44. The summed E-state index contributed by atoms with van der Waals surface area (Å²) in [4.78, 5) is 18.3. The van der Waals surface area contributed by atoms with Gasteiger partial charge in [0.05, 0.1) is 6.54 Å². The lowest BCUT2D eigenvalue weighted by Gasteiger charge is -2.33. The number of pyridine rings is 1. The molecule has 1 aliphatic heterocycles. The molecule has 1 amide bonds. The van der Waals surface area contributed by atoms with Gasteiger partial charge in [-0.15, -0.1) is 0 Å². The molecular weight excluding hydrogens is 335 g/mol. The number of ether oxygens (including phenoxy) is 1. The first kappa shape index (κ1) is 16.1. The summed E-state index contributed by atoms with van der Waals surface area (Å²) in [6, 6.07) is 8.68. The summed E-state index contributed by atoms with van der Waals surface area (Å²) in [6.45, 7) is 1.27. The molecule has 6 heteroatoms. The molecule has 1 fully saturated rings. The zero-order chi connectivity index (χ0) is 16.2. The molecule has 4 nitrogen and oxygen atoms in total.